The maximum Gasteiger partial charge on any atom is 0.222 e. The van der Waals surface area contributed by atoms with Gasteiger partial charge in [0.1, 0.15) is 5.82 Å². The van der Waals surface area contributed by atoms with Crippen molar-refractivity contribution < 1.29 is 4.74 Å². The van der Waals surface area contributed by atoms with Crippen LogP contribution in [-0.4, -0.2) is 63.8 Å². The average Bonchev–Trinajstić information content (AvgIpc) is 3.53. The number of piperidine rings is 1. The topological polar surface area (TPSA) is 68.1 Å². The van der Waals surface area contributed by atoms with Crippen LogP contribution in [0, 0.1) is 0 Å². The molecular formula is C25H32N6O. The number of ether oxygens (including phenoxy) is 1. The predicted molar refractivity (Wildman–Crippen MR) is 126 cm³/mol. The quantitative estimate of drug-likeness (QED) is 0.615. The van der Waals surface area contributed by atoms with Crippen LogP contribution in [0.15, 0.2) is 55.1 Å². The molecule has 0 radical (unpaired) electrons. The van der Waals surface area contributed by atoms with E-state index in [1.165, 1.54) is 5.56 Å². The minimum absolute atomic E-state index is 0.104. The van der Waals surface area contributed by atoms with Gasteiger partial charge in [0.2, 0.25) is 5.95 Å². The fourth-order valence-corrected chi connectivity index (χ4v) is 4.94. The third kappa shape index (κ3) is 4.54. The molecule has 7 nitrogen and oxygen atoms in total. The van der Waals surface area contributed by atoms with E-state index in [0.29, 0.717) is 5.95 Å². The van der Waals surface area contributed by atoms with Crippen LogP contribution in [0.3, 0.4) is 0 Å². The summed E-state index contributed by atoms with van der Waals surface area (Å²) in [7, 11) is 2.21. The lowest BCUT2D eigenvalue weighted by Gasteiger charge is -2.41. The van der Waals surface area contributed by atoms with Gasteiger partial charge in [0.25, 0.3) is 0 Å². The first-order valence-electron chi connectivity index (χ1n) is 11.6. The smallest absolute Gasteiger partial charge is 0.222 e. The van der Waals surface area contributed by atoms with Crippen molar-refractivity contribution in [2.45, 2.75) is 43.7 Å². The Bertz CT molecular complexity index is 989. The van der Waals surface area contributed by atoms with Gasteiger partial charge >= 0.3 is 0 Å². The molecule has 2 aliphatic heterocycles. The standard InChI is InChI=1S/C25H32N6O/c1-30-12-9-25(10-13-30,21-6-3-2-4-7-21)19-31-14-11-26-23(31)20-16-27-24(28-17-20)29-18-22-8-5-15-32-22/h2-4,6-7,11,14,16-17,22H,5,8-10,12-13,15,18-19H2,1H3,(H,27,28,29). The minimum atomic E-state index is 0.104. The van der Waals surface area contributed by atoms with E-state index in [4.69, 9.17) is 4.74 Å². The van der Waals surface area contributed by atoms with E-state index in [9.17, 15) is 0 Å². The van der Waals surface area contributed by atoms with E-state index in [0.717, 1.165) is 69.9 Å². The number of hydrogen-bond donors (Lipinski definition) is 1. The summed E-state index contributed by atoms with van der Waals surface area (Å²) in [5, 5.41) is 3.29. The SMILES string of the molecule is CN1CCC(Cn2ccnc2-c2cnc(NCC3CCCO3)nc2)(c2ccccc2)CC1. The second-order valence-electron chi connectivity index (χ2n) is 9.14. The van der Waals surface area contributed by atoms with Gasteiger partial charge in [-0.1, -0.05) is 30.3 Å². The molecule has 0 aliphatic carbocycles. The average molecular weight is 433 g/mol. The summed E-state index contributed by atoms with van der Waals surface area (Å²) in [6, 6.07) is 11.0. The summed E-state index contributed by atoms with van der Waals surface area (Å²) < 4.78 is 7.94. The molecule has 2 saturated heterocycles. The van der Waals surface area contributed by atoms with Crippen molar-refractivity contribution in [3.8, 4) is 11.4 Å². The number of hydrogen-bond acceptors (Lipinski definition) is 6. The number of nitrogens with one attached hydrogen (secondary N) is 1. The van der Waals surface area contributed by atoms with E-state index in [2.05, 4.69) is 73.3 Å². The van der Waals surface area contributed by atoms with E-state index in [-0.39, 0.29) is 11.5 Å². The van der Waals surface area contributed by atoms with Gasteiger partial charge in [-0.25, -0.2) is 15.0 Å². The molecule has 2 aliphatic rings. The molecule has 7 heteroatoms. The molecule has 0 saturated carbocycles. The first-order valence-corrected chi connectivity index (χ1v) is 11.6. The van der Waals surface area contributed by atoms with Crippen LogP contribution in [0.5, 0.6) is 0 Å². The fraction of sp³-hybridized carbons (Fsp3) is 0.480. The minimum Gasteiger partial charge on any atom is -0.376 e. The number of benzene rings is 1. The maximum atomic E-state index is 5.66. The summed E-state index contributed by atoms with van der Waals surface area (Å²) in [4.78, 5) is 16.1. The Labute approximate surface area is 189 Å². The summed E-state index contributed by atoms with van der Waals surface area (Å²) >= 11 is 0. The van der Waals surface area contributed by atoms with Gasteiger partial charge < -0.3 is 19.5 Å². The maximum absolute atomic E-state index is 5.66. The molecule has 1 atom stereocenters. The van der Waals surface area contributed by atoms with Crippen LogP contribution < -0.4 is 5.32 Å². The number of nitrogens with zero attached hydrogens (tertiary/aromatic N) is 5. The van der Waals surface area contributed by atoms with Crippen LogP contribution >= 0.6 is 0 Å². The molecule has 32 heavy (non-hydrogen) atoms. The van der Waals surface area contributed by atoms with Crippen molar-refractivity contribution in [2.24, 2.45) is 0 Å². The lowest BCUT2D eigenvalue weighted by atomic mass is 9.72. The van der Waals surface area contributed by atoms with Gasteiger partial charge in [-0.15, -0.1) is 0 Å². The zero-order valence-corrected chi connectivity index (χ0v) is 18.8. The lowest BCUT2D eigenvalue weighted by Crippen LogP contribution is -2.43. The Kier molecular flexibility index (Phi) is 6.19. The predicted octanol–water partition coefficient (Wildman–Crippen LogP) is 3.59. The highest BCUT2D eigenvalue weighted by Crippen LogP contribution is 2.37. The van der Waals surface area contributed by atoms with E-state index in [1.54, 1.807) is 0 Å². The van der Waals surface area contributed by atoms with Gasteiger partial charge in [0.15, 0.2) is 0 Å². The second kappa shape index (κ2) is 9.38. The fourth-order valence-electron chi connectivity index (χ4n) is 4.94. The Hall–Kier alpha value is -2.77. The third-order valence-electron chi connectivity index (χ3n) is 6.94. The van der Waals surface area contributed by atoms with E-state index >= 15 is 0 Å². The van der Waals surface area contributed by atoms with Crippen molar-refractivity contribution >= 4 is 5.95 Å². The molecule has 0 bridgehead atoms. The molecule has 4 heterocycles. The Morgan fingerprint density at radius 2 is 1.88 bits per heavy atom. The molecule has 1 N–H and O–H groups in total. The highest BCUT2D eigenvalue weighted by atomic mass is 16.5. The molecule has 0 amide bonds. The molecule has 0 spiro atoms. The van der Waals surface area contributed by atoms with E-state index < -0.39 is 0 Å². The Morgan fingerprint density at radius 3 is 2.59 bits per heavy atom. The third-order valence-corrected chi connectivity index (χ3v) is 6.94. The monoisotopic (exact) mass is 432 g/mol. The van der Waals surface area contributed by atoms with Gasteiger partial charge in [0, 0.05) is 49.9 Å². The van der Waals surface area contributed by atoms with Crippen molar-refractivity contribution in [1.82, 2.24) is 24.4 Å². The first kappa shape index (κ1) is 21.1. The van der Waals surface area contributed by atoms with Crippen LogP contribution in [-0.2, 0) is 16.7 Å². The Balaban J connectivity index is 1.34. The molecular weight excluding hydrogens is 400 g/mol. The van der Waals surface area contributed by atoms with Crippen LogP contribution in [0.25, 0.3) is 11.4 Å². The zero-order chi connectivity index (χ0) is 21.8. The molecule has 5 rings (SSSR count). The van der Waals surface area contributed by atoms with Crippen LogP contribution in [0.1, 0.15) is 31.2 Å². The van der Waals surface area contributed by atoms with Crippen LogP contribution in [0.4, 0.5) is 5.95 Å². The molecule has 3 aromatic rings. The number of rotatable bonds is 7. The number of anilines is 1. The lowest BCUT2D eigenvalue weighted by molar-refractivity contribution is 0.120. The molecule has 1 aromatic carbocycles. The van der Waals surface area contributed by atoms with Crippen molar-refractivity contribution in [3.05, 3.63) is 60.7 Å². The number of imidazole rings is 1. The van der Waals surface area contributed by atoms with Crippen molar-refractivity contribution in [3.63, 3.8) is 0 Å². The largest absolute Gasteiger partial charge is 0.376 e. The molecule has 2 aromatic heterocycles. The van der Waals surface area contributed by atoms with E-state index in [1.807, 2.05) is 18.6 Å². The summed E-state index contributed by atoms with van der Waals surface area (Å²) in [6.07, 6.45) is 12.5. The summed E-state index contributed by atoms with van der Waals surface area (Å²) in [6.45, 7) is 4.72. The van der Waals surface area contributed by atoms with Gasteiger partial charge in [-0.05, 0) is 51.4 Å². The van der Waals surface area contributed by atoms with Crippen molar-refractivity contribution in [2.75, 3.05) is 38.6 Å². The Morgan fingerprint density at radius 1 is 1.09 bits per heavy atom. The van der Waals surface area contributed by atoms with Crippen molar-refractivity contribution in [1.29, 1.82) is 0 Å². The number of aromatic nitrogens is 4. The van der Waals surface area contributed by atoms with Gasteiger partial charge in [-0.3, -0.25) is 0 Å². The summed E-state index contributed by atoms with van der Waals surface area (Å²) in [5.41, 5.74) is 2.46. The summed E-state index contributed by atoms with van der Waals surface area (Å²) in [5.74, 6) is 1.56. The van der Waals surface area contributed by atoms with Gasteiger partial charge in [0.05, 0.1) is 11.7 Å². The number of likely N-dealkylation sites (tertiary alicyclic amines) is 1. The zero-order valence-electron chi connectivity index (χ0n) is 18.8. The molecule has 1 unspecified atom stereocenters. The first-order chi connectivity index (χ1) is 15.7. The highest BCUT2D eigenvalue weighted by molar-refractivity contribution is 5.54. The van der Waals surface area contributed by atoms with Crippen LogP contribution in [0.2, 0.25) is 0 Å². The molecule has 168 valence electrons. The second-order valence-corrected chi connectivity index (χ2v) is 9.14. The highest BCUT2D eigenvalue weighted by Gasteiger charge is 2.36. The molecule has 2 fully saturated rings. The normalized spacial score (nSPS) is 21.0. The van der Waals surface area contributed by atoms with Gasteiger partial charge in [-0.2, -0.15) is 0 Å².